The van der Waals surface area contributed by atoms with Gasteiger partial charge in [0.2, 0.25) is 0 Å². The third kappa shape index (κ3) is 2.53. The largest absolute Gasteiger partial charge is 0.270 e. The molecule has 2 aromatic rings. The maximum Gasteiger partial charge on any atom is 0.270 e. The van der Waals surface area contributed by atoms with Gasteiger partial charge in [0, 0.05) is 22.6 Å². The number of benzene rings is 1. The number of nitrogens with zero attached hydrogens (tertiary/aromatic N) is 3. The second kappa shape index (κ2) is 5.02. The molecule has 20 heavy (non-hydrogen) atoms. The average molecular weight is 287 g/mol. The van der Waals surface area contributed by atoms with Crippen LogP contribution in [0.4, 0.5) is 5.69 Å². The second-order valence-electron chi connectivity index (χ2n) is 4.97. The van der Waals surface area contributed by atoms with Crippen LogP contribution in [0.2, 0.25) is 0 Å². The van der Waals surface area contributed by atoms with Gasteiger partial charge in [0.05, 0.1) is 16.7 Å². The Hall–Kier alpha value is -2.26. The van der Waals surface area contributed by atoms with Crippen molar-refractivity contribution in [3.8, 4) is 17.3 Å². The van der Waals surface area contributed by atoms with E-state index < -0.39 is 10.3 Å². The number of hydrogen-bond acceptors (Lipinski definition) is 5. The van der Waals surface area contributed by atoms with E-state index in [0.29, 0.717) is 11.3 Å². The van der Waals surface area contributed by atoms with Crippen LogP contribution in [0.1, 0.15) is 23.7 Å². The Morgan fingerprint density at radius 1 is 1.45 bits per heavy atom. The molecule has 1 aromatic heterocycles. The Labute approximate surface area is 120 Å². The number of aromatic nitrogens is 1. The molecule has 1 aromatic carbocycles. The Bertz CT molecular complexity index is 713. The van der Waals surface area contributed by atoms with Crippen LogP contribution < -0.4 is 0 Å². The van der Waals surface area contributed by atoms with Gasteiger partial charge in [-0.2, -0.15) is 5.26 Å². The van der Waals surface area contributed by atoms with Gasteiger partial charge in [-0.05, 0) is 20.8 Å². The van der Waals surface area contributed by atoms with Gasteiger partial charge >= 0.3 is 0 Å². The molecule has 0 atom stereocenters. The zero-order valence-electron chi connectivity index (χ0n) is 11.4. The zero-order chi connectivity index (χ0) is 14.9. The summed E-state index contributed by atoms with van der Waals surface area (Å²) >= 11 is 1.45. The molecule has 0 unspecified atom stereocenters. The SMILES string of the molecule is Cc1sc(C(C)(C)C#N)nc1-c1cccc([N+](=O)[O-])c1. The fraction of sp³-hybridized carbons (Fsp3) is 0.286. The molecule has 0 radical (unpaired) electrons. The van der Waals surface area contributed by atoms with Gasteiger partial charge in [-0.25, -0.2) is 4.98 Å². The number of nitro benzene ring substituents is 1. The summed E-state index contributed by atoms with van der Waals surface area (Å²) < 4.78 is 0. The molecule has 0 amide bonds. The van der Waals surface area contributed by atoms with E-state index >= 15 is 0 Å². The van der Waals surface area contributed by atoms with Gasteiger partial charge in [-0.1, -0.05) is 12.1 Å². The van der Waals surface area contributed by atoms with Crippen molar-refractivity contribution in [3.05, 3.63) is 44.3 Å². The molecule has 0 fully saturated rings. The van der Waals surface area contributed by atoms with E-state index in [-0.39, 0.29) is 5.69 Å². The molecule has 0 aliphatic rings. The summed E-state index contributed by atoms with van der Waals surface area (Å²) in [5.41, 5.74) is 0.787. The lowest BCUT2D eigenvalue weighted by atomic mass is 9.97. The summed E-state index contributed by atoms with van der Waals surface area (Å²) in [4.78, 5) is 15.8. The average Bonchev–Trinajstić information content (AvgIpc) is 2.81. The number of nitro groups is 1. The summed E-state index contributed by atoms with van der Waals surface area (Å²) in [6.07, 6.45) is 0. The Balaban J connectivity index is 2.52. The maximum atomic E-state index is 10.8. The highest BCUT2D eigenvalue weighted by Crippen LogP contribution is 2.34. The highest BCUT2D eigenvalue weighted by Gasteiger charge is 2.25. The van der Waals surface area contributed by atoms with Crippen LogP contribution in [0, 0.1) is 28.4 Å². The van der Waals surface area contributed by atoms with Gasteiger partial charge in [0.1, 0.15) is 10.4 Å². The predicted octanol–water partition coefficient (Wildman–Crippen LogP) is 3.83. The molecule has 0 N–H and O–H groups in total. The van der Waals surface area contributed by atoms with E-state index in [1.54, 1.807) is 12.1 Å². The van der Waals surface area contributed by atoms with Gasteiger partial charge < -0.3 is 0 Å². The van der Waals surface area contributed by atoms with Crippen LogP contribution in [-0.4, -0.2) is 9.91 Å². The van der Waals surface area contributed by atoms with E-state index in [1.165, 1.54) is 23.5 Å². The van der Waals surface area contributed by atoms with Gasteiger partial charge in [-0.3, -0.25) is 10.1 Å². The van der Waals surface area contributed by atoms with Crippen molar-refractivity contribution in [2.75, 3.05) is 0 Å². The first-order chi connectivity index (χ1) is 9.35. The van der Waals surface area contributed by atoms with E-state index in [9.17, 15) is 10.1 Å². The van der Waals surface area contributed by atoms with Crippen molar-refractivity contribution in [2.24, 2.45) is 0 Å². The first kappa shape index (κ1) is 14.2. The molecular formula is C14H13N3O2S. The molecule has 0 spiro atoms. The highest BCUT2D eigenvalue weighted by atomic mass is 32.1. The molecule has 102 valence electrons. The smallest absolute Gasteiger partial charge is 0.258 e. The van der Waals surface area contributed by atoms with E-state index in [4.69, 9.17) is 5.26 Å². The molecule has 1 heterocycles. The van der Waals surface area contributed by atoms with Crippen LogP contribution in [0.5, 0.6) is 0 Å². The third-order valence-electron chi connectivity index (χ3n) is 2.94. The minimum absolute atomic E-state index is 0.0380. The van der Waals surface area contributed by atoms with Crippen LogP contribution in [0.15, 0.2) is 24.3 Å². The number of rotatable bonds is 3. The van der Waals surface area contributed by atoms with Gasteiger partial charge in [-0.15, -0.1) is 11.3 Å². The molecule has 2 rings (SSSR count). The molecular weight excluding hydrogens is 274 g/mol. The topological polar surface area (TPSA) is 79.8 Å². The van der Waals surface area contributed by atoms with Crippen molar-refractivity contribution in [1.82, 2.24) is 4.98 Å². The predicted molar refractivity (Wildman–Crippen MR) is 77.6 cm³/mol. The standard InChI is InChI=1S/C14H13N3O2S/c1-9-12(16-13(20-9)14(2,3)8-15)10-5-4-6-11(7-10)17(18)19/h4-7H,1-3H3. The van der Waals surface area contributed by atoms with Crippen LogP contribution in [-0.2, 0) is 5.41 Å². The normalized spacial score (nSPS) is 11.1. The lowest BCUT2D eigenvalue weighted by Gasteiger charge is -2.09. The van der Waals surface area contributed by atoms with Crippen LogP contribution in [0.25, 0.3) is 11.3 Å². The van der Waals surface area contributed by atoms with Crippen molar-refractivity contribution in [3.63, 3.8) is 0 Å². The maximum absolute atomic E-state index is 10.8. The Kier molecular flexibility index (Phi) is 3.55. The van der Waals surface area contributed by atoms with Crippen molar-refractivity contribution >= 4 is 17.0 Å². The van der Waals surface area contributed by atoms with E-state index in [1.807, 2.05) is 20.8 Å². The van der Waals surface area contributed by atoms with Crippen LogP contribution >= 0.6 is 11.3 Å². The molecule has 0 bridgehead atoms. The number of nitriles is 1. The lowest BCUT2D eigenvalue weighted by molar-refractivity contribution is -0.384. The van der Waals surface area contributed by atoms with Gasteiger partial charge in [0.25, 0.3) is 5.69 Å². The Morgan fingerprint density at radius 2 is 2.15 bits per heavy atom. The summed E-state index contributed by atoms with van der Waals surface area (Å²) in [5, 5.41) is 20.7. The number of aryl methyl sites for hydroxylation is 1. The second-order valence-corrected chi connectivity index (χ2v) is 6.17. The summed E-state index contributed by atoms with van der Waals surface area (Å²) in [7, 11) is 0. The zero-order valence-corrected chi connectivity index (χ0v) is 12.2. The van der Waals surface area contributed by atoms with Crippen molar-refractivity contribution < 1.29 is 4.92 Å². The third-order valence-corrected chi connectivity index (χ3v) is 4.24. The summed E-state index contributed by atoms with van der Waals surface area (Å²) in [5.74, 6) is 0. The number of non-ortho nitro benzene ring substituents is 1. The summed E-state index contributed by atoms with van der Waals surface area (Å²) in [6, 6.07) is 8.60. The molecule has 0 aliphatic heterocycles. The van der Waals surface area contributed by atoms with Crippen molar-refractivity contribution in [1.29, 1.82) is 5.26 Å². The number of thiazole rings is 1. The molecule has 0 saturated carbocycles. The first-order valence-corrected chi connectivity index (χ1v) is 6.81. The fourth-order valence-corrected chi connectivity index (χ4v) is 2.73. The van der Waals surface area contributed by atoms with E-state index in [2.05, 4.69) is 11.1 Å². The van der Waals surface area contributed by atoms with Gasteiger partial charge in [0.15, 0.2) is 0 Å². The molecule has 0 aliphatic carbocycles. The minimum atomic E-state index is -0.658. The molecule has 0 saturated heterocycles. The van der Waals surface area contributed by atoms with Crippen LogP contribution in [0.3, 0.4) is 0 Å². The quantitative estimate of drug-likeness (QED) is 0.634. The lowest BCUT2D eigenvalue weighted by Crippen LogP contribution is -2.13. The fourth-order valence-electron chi connectivity index (χ4n) is 1.75. The molecule has 5 nitrogen and oxygen atoms in total. The van der Waals surface area contributed by atoms with Crippen molar-refractivity contribution in [2.45, 2.75) is 26.2 Å². The monoisotopic (exact) mass is 287 g/mol. The number of hydrogen-bond donors (Lipinski definition) is 0. The Morgan fingerprint density at radius 3 is 2.75 bits per heavy atom. The first-order valence-electron chi connectivity index (χ1n) is 5.99. The minimum Gasteiger partial charge on any atom is -0.258 e. The summed E-state index contributed by atoms with van der Waals surface area (Å²) in [6.45, 7) is 5.52. The molecule has 6 heteroatoms. The van der Waals surface area contributed by atoms with E-state index in [0.717, 1.165) is 9.88 Å². The highest BCUT2D eigenvalue weighted by molar-refractivity contribution is 7.12.